The van der Waals surface area contributed by atoms with Crippen molar-refractivity contribution in [2.45, 2.75) is 37.5 Å². The molecule has 0 aromatic carbocycles. The molecule has 0 unspecified atom stereocenters. The molecule has 4 atom stereocenters. The summed E-state index contributed by atoms with van der Waals surface area (Å²) in [4.78, 5) is 69.8. The van der Waals surface area contributed by atoms with E-state index >= 15 is 0 Å². The highest BCUT2D eigenvalue weighted by Crippen LogP contribution is 1.97. The van der Waals surface area contributed by atoms with Gasteiger partial charge in [0, 0.05) is 0 Å². The van der Waals surface area contributed by atoms with Crippen LogP contribution in [0.15, 0.2) is 0 Å². The second-order valence-electron chi connectivity index (χ2n) is 6.05. The summed E-state index contributed by atoms with van der Waals surface area (Å²) >= 11 is 0. The molecule has 0 fully saturated rings. The van der Waals surface area contributed by atoms with Crippen molar-refractivity contribution in [3.63, 3.8) is 0 Å². The number of hydrogen-bond donors (Lipinski definition) is 9. The van der Waals surface area contributed by atoms with Crippen LogP contribution < -0.4 is 32.7 Å². The van der Waals surface area contributed by atoms with Crippen molar-refractivity contribution in [2.75, 3.05) is 19.8 Å². The zero-order valence-corrected chi connectivity index (χ0v) is 16.1. The number of nitrogens with one attached hydrogen (secondary N) is 4. The maximum atomic E-state index is 12.4. The first kappa shape index (κ1) is 26.7. The predicted molar refractivity (Wildman–Crippen MR) is 98.1 cm³/mol. The van der Waals surface area contributed by atoms with Gasteiger partial charge in [-0.3, -0.25) is 24.0 Å². The van der Waals surface area contributed by atoms with Crippen molar-refractivity contribution < 1.29 is 44.1 Å². The molecule has 170 valence electrons. The Kier molecular flexibility index (Phi) is 11.6. The molecule has 0 aromatic rings. The van der Waals surface area contributed by atoms with E-state index in [-0.39, 0.29) is 6.54 Å². The van der Waals surface area contributed by atoms with Gasteiger partial charge in [-0.1, -0.05) is 0 Å². The largest absolute Gasteiger partial charge is 0.480 e. The van der Waals surface area contributed by atoms with E-state index in [1.165, 1.54) is 6.92 Å². The highest BCUT2D eigenvalue weighted by Gasteiger charge is 2.30. The van der Waals surface area contributed by atoms with Crippen molar-refractivity contribution in [1.29, 1.82) is 0 Å². The summed E-state index contributed by atoms with van der Waals surface area (Å²) in [7, 11) is 0. The molecule has 15 nitrogen and oxygen atoms in total. The molecule has 0 aliphatic rings. The van der Waals surface area contributed by atoms with Crippen molar-refractivity contribution >= 4 is 35.5 Å². The number of aliphatic hydroxyl groups is 2. The molecular weight excluding hydrogens is 408 g/mol. The van der Waals surface area contributed by atoms with Gasteiger partial charge in [-0.15, -0.1) is 0 Å². The monoisotopic (exact) mass is 434 g/mol. The maximum Gasteiger partial charge on any atom is 0.328 e. The summed E-state index contributed by atoms with van der Waals surface area (Å²) in [6.07, 6.45) is -0.677. The Morgan fingerprint density at radius 3 is 1.70 bits per heavy atom. The fraction of sp³-hybridized carbons (Fsp3) is 0.600. The van der Waals surface area contributed by atoms with Gasteiger partial charge in [0.2, 0.25) is 29.5 Å². The number of nitrogens with two attached hydrogens (primary N) is 2. The number of carbonyl (C=O) groups excluding carboxylic acids is 5. The Morgan fingerprint density at radius 1 is 0.800 bits per heavy atom. The molecule has 0 aliphatic carbocycles. The first-order valence-electron chi connectivity index (χ1n) is 8.60. The summed E-state index contributed by atoms with van der Waals surface area (Å²) in [6.45, 7) is -1.01. The van der Waals surface area contributed by atoms with Crippen LogP contribution in [0.4, 0.5) is 0 Å². The first-order chi connectivity index (χ1) is 14.0. The molecule has 0 saturated carbocycles. The van der Waals surface area contributed by atoms with Gasteiger partial charge in [0.05, 0.1) is 26.2 Å². The van der Waals surface area contributed by atoms with E-state index in [1.807, 2.05) is 10.6 Å². The number of carboxylic acids is 1. The second kappa shape index (κ2) is 13.0. The molecule has 11 N–H and O–H groups in total. The summed E-state index contributed by atoms with van der Waals surface area (Å²) in [5.41, 5.74) is 10.2. The number of primary amides is 1. The van der Waals surface area contributed by atoms with Crippen LogP contribution in [-0.2, 0) is 28.8 Å². The van der Waals surface area contributed by atoms with Gasteiger partial charge in [-0.25, -0.2) is 4.79 Å². The van der Waals surface area contributed by atoms with E-state index in [1.54, 1.807) is 0 Å². The molecule has 0 bridgehead atoms. The fourth-order valence-corrected chi connectivity index (χ4v) is 2.00. The lowest BCUT2D eigenvalue weighted by atomic mass is 10.1. The molecule has 0 heterocycles. The molecule has 5 amide bonds. The van der Waals surface area contributed by atoms with Gasteiger partial charge >= 0.3 is 5.97 Å². The summed E-state index contributed by atoms with van der Waals surface area (Å²) < 4.78 is 0. The summed E-state index contributed by atoms with van der Waals surface area (Å²) in [5, 5.41) is 35.3. The van der Waals surface area contributed by atoms with Gasteiger partial charge in [-0.05, 0) is 6.92 Å². The molecule has 0 rings (SSSR count). The van der Waals surface area contributed by atoms with E-state index in [0.717, 1.165) is 0 Å². The lowest BCUT2D eigenvalue weighted by Crippen LogP contribution is -2.59. The second-order valence-corrected chi connectivity index (χ2v) is 6.05. The average molecular weight is 434 g/mol. The number of carboxylic acid groups (broad SMARTS) is 1. The molecule has 0 saturated heterocycles. The summed E-state index contributed by atoms with van der Waals surface area (Å²) in [5.74, 6) is -6.28. The van der Waals surface area contributed by atoms with Crippen LogP contribution >= 0.6 is 0 Å². The third-order valence-electron chi connectivity index (χ3n) is 3.61. The third kappa shape index (κ3) is 9.26. The minimum absolute atomic E-state index is 0.388. The van der Waals surface area contributed by atoms with Crippen molar-refractivity contribution in [2.24, 2.45) is 11.5 Å². The molecule has 0 spiro atoms. The Balaban J connectivity index is 5.21. The Bertz CT molecular complexity index is 671. The van der Waals surface area contributed by atoms with Gasteiger partial charge in [0.15, 0.2) is 0 Å². The van der Waals surface area contributed by atoms with Gasteiger partial charge in [0.1, 0.15) is 24.2 Å². The van der Waals surface area contributed by atoms with Crippen LogP contribution in [0.1, 0.15) is 13.3 Å². The topological polar surface area (TPSA) is 263 Å². The zero-order valence-electron chi connectivity index (χ0n) is 16.1. The lowest BCUT2D eigenvalue weighted by molar-refractivity contribution is -0.143. The van der Waals surface area contributed by atoms with Crippen LogP contribution in [0.5, 0.6) is 0 Å². The molecule has 0 radical (unpaired) electrons. The van der Waals surface area contributed by atoms with E-state index in [0.29, 0.717) is 0 Å². The summed E-state index contributed by atoms with van der Waals surface area (Å²) in [6, 6.07) is -6.03. The minimum atomic E-state index is -1.68. The van der Waals surface area contributed by atoms with Crippen molar-refractivity contribution in [3.8, 4) is 0 Å². The van der Waals surface area contributed by atoms with Crippen LogP contribution in [0.2, 0.25) is 0 Å². The lowest BCUT2D eigenvalue weighted by Gasteiger charge is -2.23. The van der Waals surface area contributed by atoms with E-state index in [9.17, 15) is 33.9 Å². The number of amides is 5. The van der Waals surface area contributed by atoms with Crippen LogP contribution in [-0.4, -0.2) is 94.8 Å². The van der Waals surface area contributed by atoms with Crippen LogP contribution in [0, 0.1) is 0 Å². The minimum Gasteiger partial charge on any atom is -0.480 e. The van der Waals surface area contributed by atoms with E-state index in [4.69, 9.17) is 21.7 Å². The smallest absolute Gasteiger partial charge is 0.328 e. The average Bonchev–Trinajstić information content (AvgIpc) is 2.68. The number of aliphatic carboxylic acids is 1. The highest BCUT2D eigenvalue weighted by atomic mass is 16.4. The Labute approximate surface area is 170 Å². The fourth-order valence-electron chi connectivity index (χ4n) is 2.00. The first-order valence-corrected chi connectivity index (χ1v) is 8.60. The standard InChI is InChI=1S/C15H26N6O9/c1-6(18-11(25)3-16)12(26)19-7(2-10(17)24)13(27)20-8(4-22)14(28)21-9(5-23)15(29)30/h6-9,22-23H,2-5,16H2,1H3,(H2,17,24)(H,18,25)(H,19,26)(H,20,27)(H,21,28)(H,29,30)/t6-,7-,8-,9-/m0/s1. The van der Waals surface area contributed by atoms with Crippen molar-refractivity contribution in [3.05, 3.63) is 0 Å². The zero-order chi connectivity index (χ0) is 23.4. The molecule has 0 aliphatic heterocycles. The van der Waals surface area contributed by atoms with E-state index < -0.39 is 79.3 Å². The van der Waals surface area contributed by atoms with Gasteiger partial charge < -0.3 is 48.1 Å². The normalized spacial score (nSPS) is 14.4. The Morgan fingerprint density at radius 2 is 1.27 bits per heavy atom. The maximum absolute atomic E-state index is 12.4. The SMILES string of the molecule is C[C@H](NC(=O)CN)C(=O)N[C@@H](CC(N)=O)C(=O)N[C@@H](CO)C(=O)N[C@@H](CO)C(=O)O. The molecule has 15 heteroatoms. The predicted octanol–water partition coefficient (Wildman–Crippen LogP) is -6.15. The molecule has 0 aromatic heterocycles. The highest BCUT2D eigenvalue weighted by molar-refractivity contribution is 5.96. The quantitative estimate of drug-likeness (QED) is 0.132. The number of aliphatic hydroxyl groups excluding tert-OH is 2. The van der Waals surface area contributed by atoms with E-state index in [2.05, 4.69) is 10.6 Å². The van der Waals surface area contributed by atoms with Crippen molar-refractivity contribution in [1.82, 2.24) is 21.3 Å². The molecule has 30 heavy (non-hydrogen) atoms. The number of rotatable bonds is 13. The molecular formula is C15H26N6O9. The van der Waals surface area contributed by atoms with Gasteiger partial charge in [-0.2, -0.15) is 0 Å². The third-order valence-corrected chi connectivity index (χ3v) is 3.61. The van der Waals surface area contributed by atoms with Crippen LogP contribution in [0.3, 0.4) is 0 Å². The number of carbonyl (C=O) groups is 6. The Hall–Kier alpha value is -3.30. The number of hydrogen-bond acceptors (Lipinski definition) is 9. The van der Waals surface area contributed by atoms with Gasteiger partial charge in [0.25, 0.3) is 0 Å². The van der Waals surface area contributed by atoms with Crippen LogP contribution in [0.25, 0.3) is 0 Å².